The lowest BCUT2D eigenvalue weighted by atomic mass is 9.96. The van der Waals surface area contributed by atoms with Gasteiger partial charge in [-0.1, -0.05) is 58.3 Å². The quantitative estimate of drug-likeness (QED) is 0.0423. The number of aliphatic imine (C=N–C) groups is 1. The summed E-state index contributed by atoms with van der Waals surface area (Å²) in [7, 11) is 0. The fourth-order valence-corrected chi connectivity index (χ4v) is 3.82. The number of esters is 1. The van der Waals surface area contributed by atoms with Crippen molar-refractivity contribution in [3.63, 3.8) is 0 Å². The van der Waals surface area contributed by atoms with Crippen LogP contribution in [0.15, 0.2) is 4.99 Å². The molecule has 0 heterocycles. The maximum atomic E-state index is 12.1. The Morgan fingerprint density at radius 3 is 1.78 bits per heavy atom. The van der Waals surface area contributed by atoms with Crippen LogP contribution < -0.4 is 16.8 Å². The van der Waals surface area contributed by atoms with Gasteiger partial charge in [0.05, 0.1) is 31.3 Å². The Balaban J connectivity index is 0. The summed E-state index contributed by atoms with van der Waals surface area (Å²) in [6, 6.07) is -0.634. The average molecular weight is 611 g/mol. The first-order chi connectivity index (χ1) is 19.3. The number of hydrogen-bond acceptors (Lipinski definition) is 8. The van der Waals surface area contributed by atoms with Crippen molar-refractivity contribution in [2.75, 3.05) is 13.2 Å². The van der Waals surface area contributed by atoms with Gasteiger partial charge in [-0.05, 0) is 26.2 Å². The van der Waals surface area contributed by atoms with Crippen LogP contribution in [0.3, 0.4) is 0 Å². The van der Waals surface area contributed by atoms with E-state index in [4.69, 9.17) is 43.4 Å². The Labute approximate surface area is 246 Å². The molecule has 15 heteroatoms. The number of unbranched alkanes of at least 4 members (excludes halogenated alkanes) is 8. The molecule has 0 aliphatic heterocycles. The van der Waals surface area contributed by atoms with E-state index in [1.165, 1.54) is 44.9 Å². The fourth-order valence-electron chi connectivity index (χ4n) is 3.65. The van der Waals surface area contributed by atoms with Gasteiger partial charge in [-0.2, -0.15) is 0 Å². The van der Waals surface area contributed by atoms with Crippen LogP contribution in [0.2, 0.25) is 0 Å². The van der Waals surface area contributed by atoms with Crippen molar-refractivity contribution in [3.05, 3.63) is 0 Å². The minimum absolute atomic E-state index is 0.0251. The molecular formula is C26H47ClN4O10. The number of halogens is 1. The number of carbonyl (C=O) groups is 5. The molecule has 0 radical (unpaired) electrons. The Bertz CT molecular complexity index is 806. The van der Waals surface area contributed by atoms with E-state index in [0.717, 1.165) is 12.8 Å². The van der Waals surface area contributed by atoms with Gasteiger partial charge in [0.25, 0.3) is 0 Å². The van der Waals surface area contributed by atoms with E-state index < -0.39 is 48.4 Å². The lowest BCUT2D eigenvalue weighted by molar-refractivity contribution is -0.166. The van der Waals surface area contributed by atoms with Gasteiger partial charge in [0, 0.05) is 13.0 Å². The van der Waals surface area contributed by atoms with Crippen LogP contribution in [0.25, 0.3) is 0 Å². The average Bonchev–Trinajstić information content (AvgIpc) is 2.88. The van der Waals surface area contributed by atoms with E-state index in [1.807, 2.05) is 0 Å². The first kappa shape index (κ1) is 40.0. The minimum atomic E-state index is -2.43. The second kappa shape index (κ2) is 24.6. The SMILES string of the molecule is CCCCCCCCCCCC(=O)N[C@@H](CCCN=C(N)N)C(=O)OCC.O=C(O)CC(CC(=O)O)(OCl)C(=O)O. The summed E-state index contributed by atoms with van der Waals surface area (Å²) in [6.07, 6.45) is 10.3. The van der Waals surface area contributed by atoms with Gasteiger partial charge in [-0.15, -0.1) is 0 Å². The second-order valence-electron chi connectivity index (χ2n) is 9.42. The number of nitrogens with zero attached hydrogens (tertiary/aromatic N) is 1. The highest BCUT2D eigenvalue weighted by Gasteiger charge is 2.45. The summed E-state index contributed by atoms with van der Waals surface area (Å²) in [5, 5.41) is 28.1. The van der Waals surface area contributed by atoms with Crippen molar-refractivity contribution in [1.82, 2.24) is 5.32 Å². The number of guanidine groups is 1. The Kier molecular flexibility index (Phi) is 24.1. The first-order valence-corrected chi connectivity index (χ1v) is 14.1. The van der Waals surface area contributed by atoms with Gasteiger partial charge in [0.15, 0.2) is 5.96 Å². The predicted molar refractivity (Wildman–Crippen MR) is 152 cm³/mol. The predicted octanol–water partition coefficient (Wildman–Crippen LogP) is 2.94. The standard InChI is InChI=1S/C20H40N4O3.C6H7ClO7/c1-3-5-6-7-8-9-10-11-12-15-18(25)24-17(19(26)27-4-2)14-13-16-23-20(21)22;7-14-6(5(12)13,1-3(8)9)2-4(10)11/h17H,3-16H2,1-2H3,(H,24,25)(H4,21,22,23);1-2H2,(H,8,9)(H,10,11)(H,12,13)/t17-;/m0./s1. The highest BCUT2D eigenvalue weighted by Crippen LogP contribution is 2.23. The van der Waals surface area contributed by atoms with E-state index in [1.54, 1.807) is 6.92 Å². The zero-order valence-corrected chi connectivity index (χ0v) is 24.8. The third kappa shape index (κ3) is 22.3. The number of nitrogens with two attached hydrogens (primary N) is 2. The van der Waals surface area contributed by atoms with Crippen LogP contribution >= 0.6 is 11.9 Å². The molecule has 0 aliphatic carbocycles. The monoisotopic (exact) mass is 610 g/mol. The molecule has 41 heavy (non-hydrogen) atoms. The van der Waals surface area contributed by atoms with Crippen molar-refractivity contribution in [1.29, 1.82) is 0 Å². The van der Waals surface area contributed by atoms with Crippen molar-refractivity contribution in [2.45, 2.75) is 115 Å². The van der Waals surface area contributed by atoms with E-state index in [9.17, 15) is 24.0 Å². The molecule has 0 aromatic rings. The number of aliphatic carboxylic acids is 3. The van der Waals surface area contributed by atoms with Crippen molar-refractivity contribution in [2.24, 2.45) is 16.5 Å². The third-order valence-corrected chi connectivity index (χ3v) is 6.07. The highest BCUT2D eigenvalue weighted by molar-refractivity contribution is 6.09. The number of ether oxygens (including phenoxy) is 1. The molecule has 0 rings (SSSR count). The number of carboxylic acid groups (broad SMARTS) is 3. The minimum Gasteiger partial charge on any atom is -0.481 e. The van der Waals surface area contributed by atoms with Gasteiger partial charge in [-0.25, -0.2) is 9.59 Å². The number of nitrogens with one attached hydrogen (secondary N) is 1. The molecular weight excluding hydrogens is 564 g/mol. The van der Waals surface area contributed by atoms with E-state index in [-0.39, 0.29) is 18.5 Å². The fraction of sp³-hybridized carbons (Fsp3) is 0.769. The van der Waals surface area contributed by atoms with Crippen molar-refractivity contribution >= 4 is 47.6 Å². The lowest BCUT2D eigenvalue weighted by Gasteiger charge is -2.21. The molecule has 0 aliphatic rings. The molecule has 0 bridgehead atoms. The Morgan fingerprint density at radius 1 is 0.854 bits per heavy atom. The summed E-state index contributed by atoms with van der Waals surface area (Å²) in [5.74, 6) is -5.25. The molecule has 1 atom stereocenters. The van der Waals surface area contributed by atoms with Gasteiger partial charge in [-0.3, -0.25) is 23.7 Å². The van der Waals surface area contributed by atoms with E-state index >= 15 is 0 Å². The maximum Gasteiger partial charge on any atom is 0.339 e. The Hall–Kier alpha value is -3.13. The van der Waals surface area contributed by atoms with Gasteiger partial charge >= 0.3 is 23.9 Å². The topological polar surface area (TPSA) is 241 Å². The number of amides is 1. The van der Waals surface area contributed by atoms with Gasteiger partial charge in [0.1, 0.15) is 6.04 Å². The molecule has 8 N–H and O–H groups in total. The number of carbonyl (C=O) groups excluding carboxylic acids is 2. The second-order valence-corrected chi connectivity index (χ2v) is 9.57. The van der Waals surface area contributed by atoms with Crippen LogP contribution in [0.4, 0.5) is 0 Å². The molecule has 14 nitrogen and oxygen atoms in total. The molecule has 0 fully saturated rings. The van der Waals surface area contributed by atoms with Gasteiger partial charge in [0.2, 0.25) is 11.5 Å². The molecule has 0 saturated heterocycles. The third-order valence-electron chi connectivity index (χ3n) is 5.77. The number of carboxylic acids is 3. The van der Waals surface area contributed by atoms with E-state index in [2.05, 4.69) is 21.5 Å². The van der Waals surface area contributed by atoms with E-state index in [0.29, 0.717) is 25.8 Å². The van der Waals surface area contributed by atoms with Crippen LogP contribution in [-0.4, -0.2) is 75.9 Å². The summed E-state index contributed by atoms with van der Waals surface area (Å²) in [6.45, 7) is 4.68. The first-order valence-electron chi connectivity index (χ1n) is 13.8. The molecule has 0 aromatic carbocycles. The van der Waals surface area contributed by atoms with Gasteiger partial charge < -0.3 is 36.8 Å². The zero-order chi connectivity index (χ0) is 31.7. The summed E-state index contributed by atoms with van der Waals surface area (Å²) in [4.78, 5) is 59.1. The summed E-state index contributed by atoms with van der Waals surface area (Å²) >= 11 is 4.80. The molecule has 1 amide bonds. The van der Waals surface area contributed by atoms with Crippen LogP contribution in [0, 0.1) is 0 Å². The molecule has 0 spiro atoms. The Morgan fingerprint density at radius 2 is 1.37 bits per heavy atom. The largest absolute Gasteiger partial charge is 0.481 e. The van der Waals surface area contributed by atoms with Crippen LogP contribution in [0.1, 0.15) is 104 Å². The number of hydrogen-bond donors (Lipinski definition) is 6. The molecule has 0 saturated carbocycles. The van der Waals surface area contributed by atoms with Crippen molar-refractivity contribution in [3.8, 4) is 0 Å². The summed E-state index contributed by atoms with van der Waals surface area (Å²) < 4.78 is 8.97. The van der Waals surface area contributed by atoms with Crippen molar-refractivity contribution < 1.29 is 48.3 Å². The molecule has 238 valence electrons. The van der Waals surface area contributed by atoms with Crippen LogP contribution in [-0.2, 0) is 33.0 Å². The normalized spacial score (nSPS) is 11.4. The summed E-state index contributed by atoms with van der Waals surface area (Å²) in [5.41, 5.74) is 8.14. The smallest absolute Gasteiger partial charge is 0.339 e. The molecule has 0 unspecified atom stereocenters. The highest BCUT2D eigenvalue weighted by atomic mass is 35.5. The van der Waals surface area contributed by atoms with Crippen LogP contribution in [0.5, 0.6) is 0 Å². The lowest BCUT2D eigenvalue weighted by Crippen LogP contribution is -2.43. The maximum absolute atomic E-state index is 12.1. The number of rotatable bonds is 23. The molecule has 0 aromatic heterocycles. The zero-order valence-electron chi connectivity index (χ0n) is 24.1.